The van der Waals surface area contributed by atoms with Crippen LogP contribution in [0.2, 0.25) is 0 Å². The van der Waals surface area contributed by atoms with Crippen molar-refractivity contribution in [1.82, 2.24) is 15.5 Å². The molecule has 1 aliphatic rings. The zero-order valence-electron chi connectivity index (χ0n) is 18.3. The number of halogens is 3. The molecule has 0 atom stereocenters. The fourth-order valence-corrected chi connectivity index (χ4v) is 3.42. The van der Waals surface area contributed by atoms with E-state index in [0.717, 1.165) is 44.0 Å². The number of carbonyl (C=O) groups is 1. The highest BCUT2D eigenvalue weighted by Gasteiger charge is 2.23. The van der Waals surface area contributed by atoms with Gasteiger partial charge < -0.3 is 25.0 Å². The number of nitrogens with one attached hydrogen (secondary N) is 2. The first-order chi connectivity index (χ1) is 14.5. The van der Waals surface area contributed by atoms with Crippen molar-refractivity contribution in [1.29, 1.82) is 0 Å². The zero-order chi connectivity index (χ0) is 21.9. The monoisotopic (exact) mass is 554 g/mol. The predicted molar refractivity (Wildman–Crippen MR) is 127 cm³/mol. The van der Waals surface area contributed by atoms with E-state index in [0.29, 0.717) is 25.5 Å². The second-order valence-corrected chi connectivity index (χ2v) is 7.07. The molecule has 0 unspecified atom stereocenters. The molecule has 1 aliphatic heterocycles. The Kier molecular flexibility index (Phi) is 12.5. The molecule has 0 bridgehead atoms. The van der Waals surface area contributed by atoms with Crippen molar-refractivity contribution in [3.8, 4) is 11.5 Å². The fraction of sp³-hybridized carbons (Fsp3) is 0.619. The predicted octanol–water partition coefficient (Wildman–Crippen LogP) is 3.62. The summed E-state index contributed by atoms with van der Waals surface area (Å²) in [7, 11) is 1.66. The minimum atomic E-state index is -2.90. The first-order valence-electron chi connectivity index (χ1n) is 10.4. The smallest absolute Gasteiger partial charge is 0.387 e. The van der Waals surface area contributed by atoms with Gasteiger partial charge in [-0.3, -0.25) is 4.79 Å². The molecule has 1 heterocycles. The Morgan fingerprint density at radius 1 is 1.26 bits per heavy atom. The Hall–Kier alpha value is -1.85. The van der Waals surface area contributed by atoms with Gasteiger partial charge in [0.25, 0.3) is 0 Å². The third-order valence-corrected chi connectivity index (χ3v) is 4.94. The normalized spacial score (nSPS) is 14.8. The Balaban J connectivity index is 0.00000480. The van der Waals surface area contributed by atoms with Gasteiger partial charge in [-0.2, -0.15) is 8.78 Å². The van der Waals surface area contributed by atoms with Crippen molar-refractivity contribution in [2.45, 2.75) is 46.3 Å². The second kappa shape index (κ2) is 14.3. The summed E-state index contributed by atoms with van der Waals surface area (Å²) in [5, 5.41) is 5.99. The van der Waals surface area contributed by atoms with Crippen LogP contribution in [0.15, 0.2) is 23.2 Å². The van der Waals surface area contributed by atoms with E-state index in [9.17, 15) is 13.6 Å². The number of nitrogens with zero attached hydrogens (tertiary/aromatic N) is 2. The number of aliphatic imine (C=N–C) groups is 1. The van der Waals surface area contributed by atoms with Crippen LogP contribution in [0, 0.1) is 5.92 Å². The van der Waals surface area contributed by atoms with Crippen molar-refractivity contribution in [2.75, 3.05) is 33.3 Å². The number of amides is 1. The van der Waals surface area contributed by atoms with Crippen LogP contribution in [0.4, 0.5) is 8.78 Å². The van der Waals surface area contributed by atoms with Crippen LogP contribution < -0.4 is 20.1 Å². The molecule has 0 aromatic heterocycles. The van der Waals surface area contributed by atoms with E-state index < -0.39 is 6.61 Å². The van der Waals surface area contributed by atoms with Crippen LogP contribution in [-0.4, -0.2) is 56.7 Å². The van der Waals surface area contributed by atoms with E-state index >= 15 is 0 Å². The molecule has 2 rings (SSSR count). The summed E-state index contributed by atoms with van der Waals surface area (Å²) in [6.07, 6.45) is 2.43. The SMILES string of the molecule is CCNC(=NCc1ccc(OC(F)F)c(OCC)c1)N1CCC(CC(=O)NC)CC1.I. The summed E-state index contributed by atoms with van der Waals surface area (Å²) in [6, 6.07) is 4.88. The van der Waals surface area contributed by atoms with Gasteiger partial charge in [0.05, 0.1) is 13.2 Å². The van der Waals surface area contributed by atoms with Gasteiger partial charge in [0.2, 0.25) is 5.91 Å². The average molecular weight is 554 g/mol. The zero-order valence-corrected chi connectivity index (χ0v) is 20.7. The topological polar surface area (TPSA) is 75.2 Å². The maximum absolute atomic E-state index is 12.6. The molecule has 0 radical (unpaired) electrons. The number of likely N-dealkylation sites (tertiary alicyclic amines) is 1. The van der Waals surface area contributed by atoms with Gasteiger partial charge in [0.1, 0.15) is 0 Å². The molecular weight excluding hydrogens is 521 g/mol. The fourth-order valence-electron chi connectivity index (χ4n) is 3.42. The molecule has 1 amide bonds. The first-order valence-corrected chi connectivity index (χ1v) is 10.4. The largest absolute Gasteiger partial charge is 0.490 e. The van der Waals surface area contributed by atoms with E-state index in [2.05, 4.69) is 20.3 Å². The van der Waals surface area contributed by atoms with Crippen LogP contribution in [0.5, 0.6) is 11.5 Å². The summed E-state index contributed by atoms with van der Waals surface area (Å²) in [5.74, 6) is 1.58. The van der Waals surface area contributed by atoms with Crippen molar-refractivity contribution >= 4 is 35.8 Å². The number of guanidine groups is 1. The molecule has 176 valence electrons. The van der Waals surface area contributed by atoms with Gasteiger partial charge in [-0.05, 0) is 50.3 Å². The maximum Gasteiger partial charge on any atom is 0.387 e. The van der Waals surface area contributed by atoms with E-state index in [1.807, 2.05) is 6.92 Å². The Morgan fingerprint density at radius 2 is 1.97 bits per heavy atom. The Morgan fingerprint density at radius 3 is 2.55 bits per heavy atom. The van der Waals surface area contributed by atoms with Crippen LogP contribution in [-0.2, 0) is 11.3 Å². The number of ether oxygens (including phenoxy) is 2. The molecule has 0 saturated carbocycles. The first kappa shape index (κ1) is 27.2. The molecule has 1 aromatic carbocycles. The summed E-state index contributed by atoms with van der Waals surface area (Å²) >= 11 is 0. The molecule has 31 heavy (non-hydrogen) atoms. The summed E-state index contributed by atoms with van der Waals surface area (Å²) < 4.78 is 35.1. The lowest BCUT2D eigenvalue weighted by molar-refractivity contribution is -0.121. The number of benzene rings is 1. The van der Waals surface area contributed by atoms with Gasteiger partial charge in [0, 0.05) is 33.1 Å². The average Bonchev–Trinajstić information content (AvgIpc) is 2.73. The van der Waals surface area contributed by atoms with E-state index in [1.54, 1.807) is 26.1 Å². The lowest BCUT2D eigenvalue weighted by Gasteiger charge is -2.34. The standard InChI is InChI=1S/C21H32F2N4O3.HI/c1-4-25-21(27-10-8-15(9-11-27)13-19(28)24-3)26-14-16-6-7-17(30-20(22)23)18(12-16)29-5-2;/h6-7,12,15,20H,4-5,8-11,13-14H2,1-3H3,(H,24,28)(H,25,26);1H. The van der Waals surface area contributed by atoms with E-state index in [4.69, 9.17) is 9.73 Å². The highest BCUT2D eigenvalue weighted by molar-refractivity contribution is 14.0. The lowest BCUT2D eigenvalue weighted by atomic mass is 9.93. The number of rotatable bonds is 9. The van der Waals surface area contributed by atoms with Crippen molar-refractivity contribution in [3.63, 3.8) is 0 Å². The lowest BCUT2D eigenvalue weighted by Crippen LogP contribution is -2.46. The molecule has 0 aliphatic carbocycles. The van der Waals surface area contributed by atoms with Crippen LogP contribution in [0.1, 0.15) is 38.7 Å². The summed E-state index contributed by atoms with van der Waals surface area (Å²) in [6.45, 7) is 4.03. The Labute approximate surface area is 200 Å². The number of alkyl halides is 2. The molecule has 0 spiro atoms. The van der Waals surface area contributed by atoms with Crippen molar-refractivity contribution < 1.29 is 23.0 Å². The van der Waals surface area contributed by atoms with E-state index in [1.165, 1.54) is 6.07 Å². The van der Waals surface area contributed by atoms with Gasteiger partial charge in [-0.1, -0.05) is 6.07 Å². The van der Waals surface area contributed by atoms with Gasteiger partial charge in [0.15, 0.2) is 17.5 Å². The molecular formula is C21H33F2IN4O3. The third kappa shape index (κ3) is 9.04. The molecule has 1 fully saturated rings. The number of carbonyl (C=O) groups excluding carboxylic acids is 1. The highest BCUT2D eigenvalue weighted by atomic mass is 127. The quantitative estimate of drug-likeness (QED) is 0.277. The van der Waals surface area contributed by atoms with Gasteiger partial charge in [-0.15, -0.1) is 24.0 Å². The van der Waals surface area contributed by atoms with Gasteiger partial charge in [-0.25, -0.2) is 4.99 Å². The Bertz CT molecular complexity index is 714. The molecule has 7 nitrogen and oxygen atoms in total. The van der Waals surface area contributed by atoms with Crippen molar-refractivity contribution in [3.05, 3.63) is 23.8 Å². The molecule has 10 heteroatoms. The van der Waals surface area contributed by atoms with E-state index in [-0.39, 0.29) is 41.4 Å². The maximum atomic E-state index is 12.6. The van der Waals surface area contributed by atoms with Crippen LogP contribution >= 0.6 is 24.0 Å². The summed E-state index contributed by atoms with van der Waals surface area (Å²) in [5.41, 5.74) is 0.838. The summed E-state index contributed by atoms with van der Waals surface area (Å²) in [4.78, 5) is 18.5. The second-order valence-electron chi connectivity index (χ2n) is 7.07. The van der Waals surface area contributed by atoms with Gasteiger partial charge >= 0.3 is 6.61 Å². The minimum Gasteiger partial charge on any atom is -0.490 e. The number of piperidine rings is 1. The number of hydrogen-bond donors (Lipinski definition) is 2. The van der Waals surface area contributed by atoms with Crippen LogP contribution in [0.3, 0.4) is 0 Å². The molecule has 2 N–H and O–H groups in total. The van der Waals surface area contributed by atoms with Crippen LogP contribution in [0.25, 0.3) is 0 Å². The minimum absolute atomic E-state index is 0. The number of hydrogen-bond acceptors (Lipinski definition) is 4. The third-order valence-electron chi connectivity index (χ3n) is 4.94. The van der Waals surface area contributed by atoms with Crippen molar-refractivity contribution in [2.24, 2.45) is 10.9 Å². The molecule has 1 aromatic rings. The highest BCUT2D eigenvalue weighted by Crippen LogP contribution is 2.30. The molecule has 1 saturated heterocycles.